The molecule has 0 saturated carbocycles. The van der Waals surface area contributed by atoms with Gasteiger partial charge in [0, 0.05) is 30.1 Å². The van der Waals surface area contributed by atoms with Crippen molar-refractivity contribution in [1.82, 2.24) is 10.2 Å². The highest BCUT2D eigenvalue weighted by atomic mass is 16.4. The minimum Gasteiger partial charge on any atom is -0.465 e. The smallest absolute Gasteiger partial charge is 0.407 e. The van der Waals surface area contributed by atoms with Crippen LogP contribution in [0.4, 0.5) is 4.79 Å². The van der Waals surface area contributed by atoms with E-state index in [9.17, 15) is 14.7 Å². The fourth-order valence-corrected chi connectivity index (χ4v) is 5.01. The number of carboxylic acid groups (broad SMARTS) is 1. The average Bonchev–Trinajstić information content (AvgIpc) is 3.02. The highest BCUT2D eigenvalue weighted by Crippen LogP contribution is 2.37. The molecule has 5 heteroatoms. The van der Waals surface area contributed by atoms with Gasteiger partial charge >= 0.3 is 6.09 Å². The molecule has 0 aromatic heterocycles. The molecule has 2 heterocycles. The standard InChI is InChI=1S/C25H32N2O3/c1-25(2,3)22-15-18(8-11-27(22)24(29)30)17-4-5-21-19(13-17)14-20(23(21)28)12-16-6-9-26-10-7-16/h4-5,8,12-13,16,22,26H,6-7,9-11,14-15H2,1-3H3,(H,29,30)/b20-12+. The number of rotatable bonds is 2. The molecule has 1 unspecified atom stereocenters. The first-order chi connectivity index (χ1) is 14.2. The molecule has 2 N–H and O–H groups in total. The SMILES string of the molecule is CC(C)(C)C1CC(c2ccc3c(c2)C/C(=C\C2CCNCC2)C3=O)=CCN1C(=O)O. The first-order valence-corrected chi connectivity index (χ1v) is 11.0. The van der Waals surface area contributed by atoms with E-state index in [2.05, 4.69) is 38.2 Å². The van der Waals surface area contributed by atoms with Gasteiger partial charge in [0.1, 0.15) is 0 Å². The van der Waals surface area contributed by atoms with Gasteiger partial charge in [0.25, 0.3) is 0 Å². The van der Waals surface area contributed by atoms with Crippen LogP contribution in [0, 0.1) is 11.3 Å². The fraction of sp³-hybridized carbons (Fsp3) is 0.520. The van der Waals surface area contributed by atoms with Crippen LogP contribution in [-0.2, 0) is 6.42 Å². The number of benzene rings is 1. The Morgan fingerprint density at radius 3 is 2.63 bits per heavy atom. The van der Waals surface area contributed by atoms with Crippen LogP contribution in [0.2, 0.25) is 0 Å². The summed E-state index contributed by atoms with van der Waals surface area (Å²) >= 11 is 0. The van der Waals surface area contributed by atoms with Crippen molar-refractivity contribution in [2.24, 2.45) is 11.3 Å². The minimum atomic E-state index is -0.863. The van der Waals surface area contributed by atoms with Gasteiger partial charge in [-0.1, -0.05) is 51.1 Å². The van der Waals surface area contributed by atoms with E-state index >= 15 is 0 Å². The van der Waals surface area contributed by atoms with Gasteiger partial charge in [0.15, 0.2) is 5.78 Å². The van der Waals surface area contributed by atoms with Crippen LogP contribution in [0.15, 0.2) is 35.9 Å². The number of nitrogens with one attached hydrogen (secondary N) is 1. The highest BCUT2D eigenvalue weighted by molar-refractivity contribution is 6.13. The van der Waals surface area contributed by atoms with Gasteiger partial charge in [0.2, 0.25) is 0 Å². The normalized spacial score (nSPS) is 24.2. The molecule has 5 nitrogen and oxygen atoms in total. The summed E-state index contributed by atoms with van der Waals surface area (Å²) in [6.07, 6.45) is 6.98. The lowest BCUT2D eigenvalue weighted by atomic mass is 9.79. The first-order valence-electron chi connectivity index (χ1n) is 11.0. The Balaban J connectivity index is 1.57. The number of piperidine rings is 1. The van der Waals surface area contributed by atoms with Crippen LogP contribution in [0.1, 0.15) is 61.5 Å². The first kappa shape index (κ1) is 20.9. The summed E-state index contributed by atoms with van der Waals surface area (Å²) in [6.45, 7) is 8.73. The molecule has 1 saturated heterocycles. The maximum atomic E-state index is 12.9. The zero-order chi connectivity index (χ0) is 21.5. The number of Topliss-reactive ketones (excluding diaryl/α,β-unsaturated/α-hetero) is 1. The van der Waals surface area contributed by atoms with E-state index in [1.54, 1.807) is 4.90 Å². The van der Waals surface area contributed by atoms with E-state index in [4.69, 9.17) is 0 Å². The number of amides is 1. The molecule has 30 heavy (non-hydrogen) atoms. The molecule has 2 aliphatic heterocycles. The Labute approximate surface area is 178 Å². The molecule has 1 aromatic carbocycles. The van der Waals surface area contributed by atoms with Crippen molar-refractivity contribution in [2.45, 2.75) is 52.5 Å². The zero-order valence-electron chi connectivity index (χ0n) is 18.2. The predicted octanol–water partition coefficient (Wildman–Crippen LogP) is 4.53. The van der Waals surface area contributed by atoms with E-state index in [0.29, 0.717) is 25.3 Å². The number of carbonyl (C=O) groups is 2. The van der Waals surface area contributed by atoms with E-state index in [1.807, 2.05) is 18.2 Å². The lowest BCUT2D eigenvalue weighted by molar-refractivity contribution is 0.0884. The second-order valence-corrected chi connectivity index (χ2v) is 9.91. The lowest BCUT2D eigenvalue weighted by Crippen LogP contribution is -2.48. The number of ketones is 1. The molecule has 0 radical (unpaired) electrons. The topological polar surface area (TPSA) is 69.6 Å². The van der Waals surface area contributed by atoms with Gasteiger partial charge in [-0.3, -0.25) is 4.79 Å². The molecule has 1 aromatic rings. The number of carbonyl (C=O) groups excluding carboxylic acids is 1. The van der Waals surface area contributed by atoms with Gasteiger partial charge in [-0.15, -0.1) is 0 Å². The van der Waals surface area contributed by atoms with Crippen LogP contribution in [0.25, 0.3) is 5.57 Å². The monoisotopic (exact) mass is 408 g/mol. The van der Waals surface area contributed by atoms with E-state index < -0.39 is 6.09 Å². The Bertz CT molecular complexity index is 917. The molecule has 4 rings (SSSR count). The van der Waals surface area contributed by atoms with Crippen molar-refractivity contribution in [3.05, 3.63) is 52.6 Å². The number of hydrogen-bond acceptors (Lipinski definition) is 3. The largest absolute Gasteiger partial charge is 0.465 e. The van der Waals surface area contributed by atoms with Gasteiger partial charge in [-0.25, -0.2) is 4.79 Å². The Hall–Kier alpha value is -2.40. The quantitative estimate of drug-likeness (QED) is 0.705. The van der Waals surface area contributed by atoms with Crippen LogP contribution < -0.4 is 5.32 Å². The second-order valence-electron chi connectivity index (χ2n) is 9.91. The number of hydrogen-bond donors (Lipinski definition) is 2. The second kappa shape index (κ2) is 8.03. The van der Waals surface area contributed by atoms with Crippen LogP contribution >= 0.6 is 0 Å². The van der Waals surface area contributed by atoms with Crippen molar-refractivity contribution in [1.29, 1.82) is 0 Å². The molecular weight excluding hydrogens is 376 g/mol. The van der Waals surface area contributed by atoms with Crippen LogP contribution in [0.5, 0.6) is 0 Å². The third-order valence-electron chi connectivity index (χ3n) is 6.78. The Morgan fingerprint density at radius 2 is 1.97 bits per heavy atom. The zero-order valence-corrected chi connectivity index (χ0v) is 18.2. The van der Waals surface area contributed by atoms with E-state index in [0.717, 1.165) is 48.2 Å². The molecule has 3 aliphatic rings. The van der Waals surface area contributed by atoms with Crippen molar-refractivity contribution in [3.63, 3.8) is 0 Å². The van der Waals surface area contributed by atoms with Crippen molar-refractivity contribution in [2.75, 3.05) is 19.6 Å². The van der Waals surface area contributed by atoms with E-state index in [-0.39, 0.29) is 17.2 Å². The summed E-state index contributed by atoms with van der Waals surface area (Å²) in [5, 5.41) is 13.0. The molecule has 160 valence electrons. The molecule has 1 aliphatic carbocycles. The van der Waals surface area contributed by atoms with Crippen molar-refractivity contribution >= 4 is 17.4 Å². The summed E-state index contributed by atoms with van der Waals surface area (Å²) < 4.78 is 0. The van der Waals surface area contributed by atoms with E-state index in [1.165, 1.54) is 5.57 Å². The molecule has 0 bridgehead atoms. The van der Waals surface area contributed by atoms with Gasteiger partial charge in [0.05, 0.1) is 0 Å². The molecular formula is C25H32N2O3. The molecule has 1 atom stereocenters. The highest BCUT2D eigenvalue weighted by Gasteiger charge is 2.36. The summed E-state index contributed by atoms with van der Waals surface area (Å²) in [6, 6.07) is 6.08. The molecule has 1 amide bonds. The summed E-state index contributed by atoms with van der Waals surface area (Å²) in [5.41, 5.74) is 5.02. The van der Waals surface area contributed by atoms with Crippen LogP contribution in [0.3, 0.4) is 0 Å². The summed E-state index contributed by atoms with van der Waals surface area (Å²) in [4.78, 5) is 26.1. The fourth-order valence-electron chi connectivity index (χ4n) is 5.01. The molecule has 1 fully saturated rings. The minimum absolute atomic E-state index is 0.0692. The number of fused-ring (bicyclic) bond motifs is 1. The maximum absolute atomic E-state index is 12.9. The lowest BCUT2D eigenvalue weighted by Gasteiger charge is -2.41. The predicted molar refractivity (Wildman–Crippen MR) is 119 cm³/mol. The number of nitrogens with zero attached hydrogens (tertiary/aromatic N) is 1. The van der Waals surface area contributed by atoms with Crippen molar-refractivity contribution < 1.29 is 14.7 Å². The molecule has 0 spiro atoms. The van der Waals surface area contributed by atoms with Gasteiger partial charge < -0.3 is 15.3 Å². The third kappa shape index (κ3) is 4.08. The summed E-state index contributed by atoms with van der Waals surface area (Å²) in [5.74, 6) is 0.673. The number of allylic oxidation sites excluding steroid dienone is 2. The maximum Gasteiger partial charge on any atom is 0.407 e. The Kier molecular flexibility index (Phi) is 5.58. The average molecular weight is 409 g/mol. The summed E-state index contributed by atoms with van der Waals surface area (Å²) in [7, 11) is 0. The van der Waals surface area contributed by atoms with Crippen LogP contribution in [-0.4, -0.2) is 47.6 Å². The van der Waals surface area contributed by atoms with Gasteiger partial charge in [-0.2, -0.15) is 0 Å². The Morgan fingerprint density at radius 1 is 1.23 bits per heavy atom. The van der Waals surface area contributed by atoms with Crippen molar-refractivity contribution in [3.8, 4) is 0 Å². The van der Waals surface area contributed by atoms with Gasteiger partial charge in [-0.05, 0) is 60.4 Å². The third-order valence-corrected chi connectivity index (χ3v) is 6.78.